The number of benzene rings is 2. The van der Waals surface area contributed by atoms with Gasteiger partial charge < -0.3 is 4.90 Å². The van der Waals surface area contributed by atoms with Gasteiger partial charge in [0.05, 0.1) is 4.90 Å². The monoisotopic (exact) mass is 404 g/mol. The van der Waals surface area contributed by atoms with E-state index in [1.54, 1.807) is 36.1 Å². The number of hydrogen-bond acceptors (Lipinski definition) is 3. The van der Waals surface area contributed by atoms with Crippen molar-refractivity contribution in [3.63, 3.8) is 0 Å². The van der Waals surface area contributed by atoms with Crippen molar-refractivity contribution in [3.8, 4) is 0 Å². The molecule has 1 aliphatic rings. The van der Waals surface area contributed by atoms with Crippen LogP contribution in [0.4, 0.5) is 4.39 Å². The Balaban J connectivity index is 1.61. The number of nitrogens with one attached hydrogen (secondary N) is 1. The molecule has 28 heavy (non-hydrogen) atoms. The van der Waals surface area contributed by atoms with Gasteiger partial charge in [-0.1, -0.05) is 24.3 Å². The van der Waals surface area contributed by atoms with E-state index >= 15 is 0 Å². The third-order valence-corrected chi connectivity index (χ3v) is 6.42. The summed E-state index contributed by atoms with van der Waals surface area (Å²) in [5.41, 5.74) is 2.25. The Labute approximate surface area is 165 Å². The minimum atomic E-state index is -3.67. The fraction of sp³-hybridized carbons (Fsp3) is 0.381. The van der Waals surface area contributed by atoms with Gasteiger partial charge >= 0.3 is 0 Å². The van der Waals surface area contributed by atoms with Crippen molar-refractivity contribution in [2.24, 2.45) is 0 Å². The first-order chi connectivity index (χ1) is 13.3. The highest BCUT2D eigenvalue weighted by Gasteiger charge is 2.32. The maximum atomic E-state index is 13.4. The minimum absolute atomic E-state index is 0.0287. The van der Waals surface area contributed by atoms with Gasteiger partial charge in [0.2, 0.25) is 15.9 Å². The van der Waals surface area contributed by atoms with E-state index in [-0.39, 0.29) is 35.6 Å². The van der Waals surface area contributed by atoms with Crippen LogP contribution >= 0.6 is 0 Å². The van der Waals surface area contributed by atoms with Gasteiger partial charge in [0.15, 0.2) is 0 Å². The van der Waals surface area contributed by atoms with Crippen LogP contribution in [-0.2, 0) is 21.4 Å². The predicted octanol–water partition coefficient (Wildman–Crippen LogP) is 3.30. The third kappa shape index (κ3) is 5.17. The van der Waals surface area contributed by atoms with E-state index in [1.807, 2.05) is 13.0 Å². The molecule has 0 unspecified atom stereocenters. The van der Waals surface area contributed by atoms with Crippen molar-refractivity contribution in [2.75, 3.05) is 6.54 Å². The number of halogens is 1. The quantitative estimate of drug-likeness (QED) is 0.734. The summed E-state index contributed by atoms with van der Waals surface area (Å²) in [6, 6.07) is 11.6. The van der Waals surface area contributed by atoms with Gasteiger partial charge in [-0.05, 0) is 61.6 Å². The Hall–Kier alpha value is -2.25. The van der Waals surface area contributed by atoms with Crippen molar-refractivity contribution in [3.05, 3.63) is 65.0 Å². The van der Waals surface area contributed by atoms with Crippen molar-refractivity contribution in [2.45, 2.75) is 50.6 Å². The van der Waals surface area contributed by atoms with E-state index in [4.69, 9.17) is 0 Å². The van der Waals surface area contributed by atoms with E-state index in [0.717, 1.165) is 24.0 Å². The summed E-state index contributed by atoms with van der Waals surface area (Å²) in [6.45, 7) is 3.95. The molecule has 2 aromatic carbocycles. The molecule has 1 saturated carbocycles. The Morgan fingerprint density at radius 3 is 2.61 bits per heavy atom. The number of carbonyl (C=O) groups excluding carboxylic acids is 1. The molecule has 150 valence electrons. The molecule has 1 amide bonds. The van der Waals surface area contributed by atoms with E-state index in [0.29, 0.717) is 12.1 Å². The van der Waals surface area contributed by atoms with Crippen LogP contribution in [0.2, 0.25) is 0 Å². The van der Waals surface area contributed by atoms with Crippen molar-refractivity contribution < 1.29 is 17.6 Å². The van der Waals surface area contributed by atoms with Gasteiger partial charge in [-0.25, -0.2) is 17.5 Å². The van der Waals surface area contributed by atoms with E-state index in [1.165, 1.54) is 12.1 Å². The summed E-state index contributed by atoms with van der Waals surface area (Å²) in [7, 11) is -3.67. The lowest BCUT2D eigenvalue weighted by atomic mass is 10.2. The summed E-state index contributed by atoms with van der Waals surface area (Å²) in [6.07, 6.45) is 1.92. The average molecular weight is 405 g/mol. The zero-order chi connectivity index (χ0) is 20.3. The van der Waals surface area contributed by atoms with Crippen molar-refractivity contribution in [1.82, 2.24) is 9.62 Å². The number of hydrogen-bond donors (Lipinski definition) is 1. The first-order valence-electron chi connectivity index (χ1n) is 9.37. The Bertz CT molecular complexity index is 971. The number of rotatable bonds is 8. The maximum Gasteiger partial charge on any atom is 0.240 e. The highest BCUT2D eigenvalue weighted by molar-refractivity contribution is 7.89. The topological polar surface area (TPSA) is 66.5 Å². The van der Waals surface area contributed by atoms with Gasteiger partial charge in [0.1, 0.15) is 5.82 Å². The van der Waals surface area contributed by atoms with E-state index < -0.39 is 10.0 Å². The van der Waals surface area contributed by atoms with Crippen LogP contribution in [0.15, 0.2) is 47.4 Å². The summed E-state index contributed by atoms with van der Waals surface area (Å²) in [4.78, 5) is 14.6. The molecule has 0 aromatic heterocycles. The molecule has 3 rings (SSSR count). The highest BCUT2D eigenvalue weighted by atomic mass is 32.2. The molecule has 0 heterocycles. The van der Waals surface area contributed by atoms with Crippen LogP contribution in [0.1, 0.15) is 36.0 Å². The SMILES string of the molecule is Cc1ccc(C)c(S(=O)(=O)NCCC(=O)N(Cc2cccc(F)c2)C2CC2)c1. The van der Waals surface area contributed by atoms with Gasteiger partial charge in [-0.15, -0.1) is 0 Å². The average Bonchev–Trinajstić information content (AvgIpc) is 3.46. The first-order valence-corrected chi connectivity index (χ1v) is 10.9. The summed E-state index contributed by atoms with van der Waals surface area (Å²) in [5.74, 6) is -0.461. The zero-order valence-electron chi connectivity index (χ0n) is 16.1. The molecule has 7 heteroatoms. The molecule has 5 nitrogen and oxygen atoms in total. The maximum absolute atomic E-state index is 13.4. The standard InChI is InChI=1S/C21H25FN2O3S/c1-15-6-7-16(2)20(12-15)28(26,27)23-11-10-21(25)24(19-8-9-19)14-17-4-3-5-18(22)13-17/h3-7,12-13,19,23H,8-11,14H2,1-2H3. The second-order valence-corrected chi connectivity index (χ2v) is 9.03. The summed E-state index contributed by atoms with van der Waals surface area (Å²) < 4.78 is 41.0. The molecular formula is C21H25FN2O3S. The van der Waals surface area contributed by atoms with Crippen LogP contribution in [0, 0.1) is 19.7 Å². The molecule has 2 aromatic rings. The van der Waals surface area contributed by atoms with Crippen LogP contribution in [0.5, 0.6) is 0 Å². The number of aryl methyl sites for hydroxylation is 2. The lowest BCUT2D eigenvalue weighted by Gasteiger charge is -2.23. The Morgan fingerprint density at radius 1 is 1.18 bits per heavy atom. The third-order valence-electron chi connectivity index (χ3n) is 4.81. The molecule has 0 aliphatic heterocycles. The second kappa shape index (κ2) is 8.41. The van der Waals surface area contributed by atoms with Crippen LogP contribution in [0.3, 0.4) is 0 Å². The first kappa shape index (κ1) is 20.5. The molecule has 1 N–H and O–H groups in total. The van der Waals surface area contributed by atoms with E-state index in [2.05, 4.69) is 4.72 Å². The fourth-order valence-corrected chi connectivity index (χ4v) is 4.51. The lowest BCUT2D eigenvalue weighted by Crippen LogP contribution is -2.35. The normalized spacial score (nSPS) is 14.1. The Morgan fingerprint density at radius 2 is 1.93 bits per heavy atom. The number of amides is 1. The molecular weight excluding hydrogens is 379 g/mol. The molecule has 0 atom stereocenters. The van der Waals surface area contributed by atoms with E-state index in [9.17, 15) is 17.6 Å². The predicted molar refractivity (Wildman–Crippen MR) is 106 cm³/mol. The second-order valence-electron chi connectivity index (χ2n) is 7.30. The molecule has 0 radical (unpaired) electrons. The van der Waals surface area contributed by atoms with Gasteiger partial charge in [0, 0.05) is 25.6 Å². The number of nitrogens with zero attached hydrogens (tertiary/aromatic N) is 1. The smallest absolute Gasteiger partial charge is 0.240 e. The Kier molecular flexibility index (Phi) is 6.15. The number of sulfonamides is 1. The molecule has 0 spiro atoms. The van der Waals surface area contributed by atoms with Gasteiger partial charge in [-0.2, -0.15) is 0 Å². The van der Waals surface area contributed by atoms with Crippen LogP contribution < -0.4 is 4.72 Å². The molecule has 1 aliphatic carbocycles. The largest absolute Gasteiger partial charge is 0.335 e. The van der Waals surface area contributed by atoms with Crippen molar-refractivity contribution >= 4 is 15.9 Å². The molecule has 0 saturated heterocycles. The van der Waals surface area contributed by atoms with Gasteiger partial charge in [-0.3, -0.25) is 4.79 Å². The van der Waals surface area contributed by atoms with Crippen molar-refractivity contribution in [1.29, 1.82) is 0 Å². The lowest BCUT2D eigenvalue weighted by molar-refractivity contribution is -0.132. The minimum Gasteiger partial charge on any atom is -0.335 e. The van der Waals surface area contributed by atoms with Crippen LogP contribution in [-0.4, -0.2) is 31.8 Å². The summed E-state index contributed by atoms with van der Waals surface area (Å²) >= 11 is 0. The number of carbonyl (C=O) groups is 1. The molecule has 1 fully saturated rings. The zero-order valence-corrected chi connectivity index (χ0v) is 16.9. The molecule has 0 bridgehead atoms. The summed E-state index contributed by atoms with van der Waals surface area (Å²) in [5, 5.41) is 0. The van der Waals surface area contributed by atoms with Crippen LogP contribution in [0.25, 0.3) is 0 Å². The van der Waals surface area contributed by atoms with Gasteiger partial charge in [0.25, 0.3) is 0 Å². The highest BCUT2D eigenvalue weighted by Crippen LogP contribution is 2.29. The fourth-order valence-electron chi connectivity index (χ4n) is 3.15.